The van der Waals surface area contributed by atoms with Crippen molar-refractivity contribution in [1.82, 2.24) is 14.4 Å². The molecule has 1 N–H and O–H groups in total. The third kappa shape index (κ3) is 3.80. The smallest absolute Gasteiger partial charge is 0.180 e. The lowest BCUT2D eigenvalue weighted by Gasteiger charge is -2.28. The van der Waals surface area contributed by atoms with Crippen molar-refractivity contribution in [1.29, 1.82) is 0 Å². The van der Waals surface area contributed by atoms with E-state index >= 15 is 0 Å². The lowest BCUT2D eigenvalue weighted by Crippen LogP contribution is -2.36. The van der Waals surface area contributed by atoms with Gasteiger partial charge in [0.1, 0.15) is 11.5 Å². The van der Waals surface area contributed by atoms with Crippen LogP contribution in [0.25, 0.3) is 16.9 Å². The predicted octanol–water partition coefficient (Wildman–Crippen LogP) is 3.99. The highest BCUT2D eigenvalue weighted by molar-refractivity contribution is 5.79. The Morgan fingerprint density at radius 3 is 2.38 bits per heavy atom. The molecule has 0 spiro atoms. The SMILES string of the molecule is COc1cccc(OC)c1-c1cn2ccnc2c(Nc2ccc(N3CCOCC3)cc2)n1. The van der Waals surface area contributed by atoms with Crippen LogP contribution in [0.3, 0.4) is 0 Å². The molecule has 0 bridgehead atoms. The largest absolute Gasteiger partial charge is 0.496 e. The van der Waals surface area contributed by atoms with Crippen LogP contribution in [0.5, 0.6) is 11.5 Å². The van der Waals surface area contributed by atoms with Crippen LogP contribution in [-0.4, -0.2) is 54.9 Å². The van der Waals surface area contributed by atoms with Crippen molar-refractivity contribution in [3.05, 3.63) is 61.1 Å². The summed E-state index contributed by atoms with van der Waals surface area (Å²) in [6.07, 6.45) is 5.58. The molecule has 0 saturated carbocycles. The van der Waals surface area contributed by atoms with Gasteiger partial charge in [0.05, 0.1) is 38.7 Å². The highest BCUT2D eigenvalue weighted by Gasteiger charge is 2.17. The highest BCUT2D eigenvalue weighted by atomic mass is 16.5. The lowest BCUT2D eigenvalue weighted by atomic mass is 10.1. The van der Waals surface area contributed by atoms with Gasteiger partial charge >= 0.3 is 0 Å². The van der Waals surface area contributed by atoms with E-state index < -0.39 is 0 Å². The summed E-state index contributed by atoms with van der Waals surface area (Å²) in [6.45, 7) is 3.35. The Morgan fingerprint density at radius 1 is 0.969 bits per heavy atom. The molecule has 1 fully saturated rings. The number of ether oxygens (including phenoxy) is 3. The van der Waals surface area contributed by atoms with Gasteiger partial charge in [-0.15, -0.1) is 0 Å². The molecule has 1 aliphatic heterocycles. The molecule has 3 heterocycles. The molecule has 0 amide bonds. The van der Waals surface area contributed by atoms with Gasteiger partial charge in [-0.1, -0.05) is 6.07 Å². The predicted molar refractivity (Wildman–Crippen MR) is 124 cm³/mol. The van der Waals surface area contributed by atoms with Crippen LogP contribution in [0.15, 0.2) is 61.1 Å². The molecular formula is C24H25N5O3. The van der Waals surface area contributed by atoms with E-state index in [1.807, 2.05) is 35.0 Å². The van der Waals surface area contributed by atoms with Crippen molar-refractivity contribution >= 4 is 22.8 Å². The fourth-order valence-corrected chi connectivity index (χ4v) is 3.95. The summed E-state index contributed by atoms with van der Waals surface area (Å²) in [4.78, 5) is 11.7. The van der Waals surface area contributed by atoms with Gasteiger partial charge in [0.15, 0.2) is 11.5 Å². The maximum absolute atomic E-state index is 5.59. The maximum Gasteiger partial charge on any atom is 0.180 e. The Bertz CT molecular complexity index is 1190. The average molecular weight is 431 g/mol. The quantitative estimate of drug-likeness (QED) is 0.495. The number of fused-ring (bicyclic) bond motifs is 1. The van der Waals surface area contributed by atoms with E-state index in [0.717, 1.165) is 48.9 Å². The molecule has 0 unspecified atom stereocenters. The standard InChI is InChI=1S/C24H25N5O3/c1-30-20-4-3-5-21(31-2)22(20)19-16-29-11-10-25-24(29)23(27-19)26-17-6-8-18(9-7-17)28-12-14-32-15-13-28/h3-11,16H,12-15H2,1-2H3,(H,26,27). The van der Waals surface area contributed by atoms with Crippen LogP contribution in [0.1, 0.15) is 0 Å². The summed E-state index contributed by atoms with van der Waals surface area (Å²) in [5.74, 6) is 2.04. The van der Waals surface area contributed by atoms with E-state index in [2.05, 4.69) is 39.5 Å². The fourth-order valence-electron chi connectivity index (χ4n) is 3.95. The van der Waals surface area contributed by atoms with E-state index in [-0.39, 0.29) is 0 Å². The van der Waals surface area contributed by atoms with Crippen molar-refractivity contribution in [2.45, 2.75) is 0 Å². The number of hydrogen-bond donors (Lipinski definition) is 1. The highest BCUT2D eigenvalue weighted by Crippen LogP contribution is 2.38. The molecule has 8 heteroatoms. The molecule has 4 aromatic rings. The van der Waals surface area contributed by atoms with Crippen LogP contribution in [0, 0.1) is 0 Å². The number of nitrogens with one attached hydrogen (secondary N) is 1. The van der Waals surface area contributed by atoms with Gasteiger partial charge in [0, 0.05) is 43.1 Å². The molecule has 1 aliphatic rings. The van der Waals surface area contributed by atoms with Crippen LogP contribution in [0.2, 0.25) is 0 Å². The van der Waals surface area contributed by atoms with Crippen LogP contribution in [0.4, 0.5) is 17.2 Å². The van der Waals surface area contributed by atoms with Crippen molar-refractivity contribution in [3.8, 4) is 22.8 Å². The second kappa shape index (κ2) is 8.76. The number of nitrogens with zero attached hydrogens (tertiary/aromatic N) is 4. The number of aromatic nitrogens is 3. The maximum atomic E-state index is 5.59. The number of rotatable bonds is 6. The first-order chi connectivity index (χ1) is 15.8. The van der Waals surface area contributed by atoms with Gasteiger partial charge in [-0.2, -0.15) is 0 Å². The molecule has 0 atom stereocenters. The Labute approximate surface area is 186 Å². The molecule has 2 aromatic carbocycles. The Balaban J connectivity index is 1.51. The molecule has 8 nitrogen and oxygen atoms in total. The number of imidazole rings is 1. The number of methoxy groups -OCH3 is 2. The molecular weight excluding hydrogens is 406 g/mol. The third-order valence-electron chi connectivity index (χ3n) is 5.56. The first-order valence-corrected chi connectivity index (χ1v) is 10.5. The number of morpholine rings is 1. The molecule has 5 rings (SSSR count). The van der Waals surface area contributed by atoms with E-state index in [4.69, 9.17) is 19.2 Å². The fraction of sp³-hybridized carbons (Fsp3) is 0.250. The first kappa shape index (κ1) is 20.1. The van der Waals surface area contributed by atoms with Crippen molar-refractivity contribution in [2.75, 3.05) is 50.7 Å². The molecule has 2 aromatic heterocycles. The second-order valence-electron chi connectivity index (χ2n) is 7.44. The van der Waals surface area contributed by atoms with E-state index in [1.54, 1.807) is 20.4 Å². The van der Waals surface area contributed by atoms with Gasteiger partial charge in [0.2, 0.25) is 0 Å². The van der Waals surface area contributed by atoms with Gasteiger partial charge in [-0.25, -0.2) is 9.97 Å². The summed E-state index contributed by atoms with van der Waals surface area (Å²) in [6, 6.07) is 14.0. The van der Waals surface area contributed by atoms with Crippen LogP contribution < -0.4 is 19.7 Å². The van der Waals surface area contributed by atoms with Gasteiger partial charge in [0.25, 0.3) is 0 Å². The third-order valence-corrected chi connectivity index (χ3v) is 5.56. The molecule has 164 valence electrons. The van der Waals surface area contributed by atoms with Crippen molar-refractivity contribution in [2.24, 2.45) is 0 Å². The van der Waals surface area contributed by atoms with Gasteiger partial charge in [-0.3, -0.25) is 0 Å². The van der Waals surface area contributed by atoms with Crippen molar-refractivity contribution in [3.63, 3.8) is 0 Å². The monoisotopic (exact) mass is 431 g/mol. The summed E-state index contributed by atoms with van der Waals surface area (Å²) >= 11 is 0. The number of benzene rings is 2. The van der Waals surface area contributed by atoms with E-state index in [0.29, 0.717) is 17.3 Å². The van der Waals surface area contributed by atoms with E-state index in [1.165, 1.54) is 5.69 Å². The topological polar surface area (TPSA) is 73.2 Å². The summed E-state index contributed by atoms with van der Waals surface area (Å²) in [5.41, 5.74) is 4.37. The minimum atomic E-state index is 0.652. The molecule has 0 radical (unpaired) electrons. The summed E-state index contributed by atoms with van der Waals surface area (Å²) < 4.78 is 18.6. The van der Waals surface area contributed by atoms with Crippen LogP contribution >= 0.6 is 0 Å². The lowest BCUT2D eigenvalue weighted by molar-refractivity contribution is 0.122. The van der Waals surface area contributed by atoms with Crippen molar-refractivity contribution < 1.29 is 14.2 Å². The Hall–Kier alpha value is -3.78. The van der Waals surface area contributed by atoms with Gasteiger partial charge < -0.3 is 28.8 Å². The molecule has 1 saturated heterocycles. The Morgan fingerprint density at radius 2 is 1.69 bits per heavy atom. The summed E-state index contributed by atoms with van der Waals surface area (Å²) in [7, 11) is 3.28. The first-order valence-electron chi connectivity index (χ1n) is 10.5. The average Bonchev–Trinajstić information content (AvgIpc) is 3.33. The zero-order chi connectivity index (χ0) is 21.9. The van der Waals surface area contributed by atoms with Gasteiger partial charge in [-0.05, 0) is 36.4 Å². The minimum absolute atomic E-state index is 0.652. The molecule has 32 heavy (non-hydrogen) atoms. The Kier molecular flexibility index (Phi) is 5.51. The number of anilines is 3. The normalized spacial score (nSPS) is 13.9. The zero-order valence-corrected chi connectivity index (χ0v) is 18.1. The second-order valence-corrected chi connectivity index (χ2v) is 7.44. The zero-order valence-electron chi connectivity index (χ0n) is 18.1. The van der Waals surface area contributed by atoms with Crippen LogP contribution in [-0.2, 0) is 4.74 Å². The number of hydrogen-bond acceptors (Lipinski definition) is 7. The minimum Gasteiger partial charge on any atom is -0.496 e. The van der Waals surface area contributed by atoms with E-state index in [9.17, 15) is 0 Å². The molecule has 0 aliphatic carbocycles. The summed E-state index contributed by atoms with van der Waals surface area (Å²) in [5, 5.41) is 3.43.